The number of nitrogens with one attached hydrogen (secondary N) is 1. The molecule has 0 unspecified atom stereocenters. The van der Waals surface area contributed by atoms with Crippen LogP contribution in [0.2, 0.25) is 0 Å². The Bertz CT molecular complexity index is 489. The molecule has 1 saturated carbocycles. The standard InChI is InChI=1S/C11H19N3O2S/c1-2-5-14-8-11(17(12,15)16)6-10(14)7-13-9-3-4-9/h6,8-9,13H,2-5,7H2,1H3,(H2,12,15,16). The van der Waals surface area contributed by atoms with Gasteiger partial charge in [0.2, 0.25) is 10.0 Å². The lowest BCUT2D eigenvalue weighted by atomic mass is 10.4. The highest BCUT2D eigenvalue weighted by atomic mass is 32.2. The van der Waals surface area contributed by atoms with E-state index in [9.17, 15) is 8.42 Å². The Kier molecular flexibility index (Phi) is 3.56. The van der Waals surface area contributed by atoms with Gasteiger partial charge in [0.1, 0.15) is 0 Å². The fraction of sp³-hybridized carbons (Fsp3) is 0.636. The molecule has 1 aliphatic rings. The smallest absolute Gasteiger partial charge is 0.239 e. The quantitative estimate of drug-likeness (QED) is 0.791. The van der Waals surface area contributed by atoms with E-state index in [1.807, 2.05) is 4.57 Å². The first-order valence-corrected chi connectivity index (χ1v) is 7.50. The third kappa shape index (κ3) is 3.31. The van der Waals surface area contributed by atoms with Crippen LogP contribution in [-0.2, 0) is 23.1 Å². The first kappa shape index (κ1) is 12.6. The zero-order valence-corrected chi connectivity index (χ0v) is 10.8. The van der Waals surface area contributed by atoms with E-state index < -0.39 is 10.0 Å². The van der Waals surface area contributed by atoms with Crippen molar-refractivity contribution in [1.29, 1.82) is 0 Å². The lowest BCUT2D eigenvalue weighted by Gasteiger charge is -2.07. The lowest BCUT2D eigenvalue weighted by Crippen LogP contribution is -2.17. The summed E-state index contributed by atoms with van der Waals surface area (Å²) >= 11 is 0. The molecular weight excluding hydrogens is 238 g/mol. The maximum Gasteiger partial charge on any atom is 0.239 e. The van der Waals surface area contributed by atoms with Gasteiger partial charge in [0.15, 0.2) is 0 Å². The number of hydrogen-bond acceptors (Lipinski definition) is 3. The largest absolute Gasteiger partial charge is 0.349 e. The van der Waals surface area contributed by atoms with E-state index in [2.05, 4.69) is 12.2 Å². The molecule has 3 N–H and O–H groups in total. The minimum atomic E-state index is -3.59. The molecule has 0 amide bonds. The molecule has 1 aliphatic carbocycles. The molecule has 0 aromatic carbocycles. The van der Waals surface area contributed by atoms with Crippen molar-refractivity contribution in [1.82, 2.24) is 9.88 Å². The molecule has 1 fully saturated rings. The lowest BCUT2D eigenvalue weighted by molar-refractivity contribution is 0.593. The van der Waals surface area contributed by atoms with E-state index in [-0.39, 0.29) is 4.90 Å². The summed E-state index contributed by atoms with van der Waals surface area (Å²) in [6.45, 7) is 3.59. The number of nitrogens with two attached hydrogens (primary N) is 1. The molecule has 0 spiro atoms. The van der Waals surface area contributed by atoms with Crippen LogP contribution in [0.1, 0.15) is 31.9 Å². The number of nitrogens with zero attached hydrogens (tertiary/aromatic N) is 1. The molecule has 0 radical (unpaired) electrons. The van der Waals surface area contributed by atoms with Gasteiger partial charge in [-0.05, 0) is 25.3 Å². The van der Waals surface area contributed by atoms with Crippen molar-refractivity contribution in [2.24, 2.45) is 5.14 Å². The summed E-state index contributed by atoms with van der Waals surface area (Å²) in [4.78, 5) is 0.207. The SMILES string of the molecule is CCCn1cc(S(N)(=O)=O)cc1CNC1CC1. The van der Waals surface area contributed by atoms with E-state index >= 15 is 0 Å². The second-order valence-electron chi connectivity index (χ2n) is 4.56. The van der Waals surface area contributed by atoms with Gasteiger partial charge >= 0.3 is 0 Å². The van der Waals surface area contributed by atoms with Crippen molar-refractivity contribution in [3.8, 4) is 0 Å². The fourth-order valence-corrected chi connectivity index (χ4v) is 2.39. The Labute approximate surface area is 102 Å². The molecule has 96 valence electrons. The topological polar surface area (TPSA) is 77.1 Å². The first-order chi connectivity index (χ1) is 8.00. The highest BCUT2D eigenvalue weighted by Crippen LogP contribution is 2.20. The van der Waals surface area contributed by atoms with Crippen LogP contribution in [0.15, 0.2) is 17.2 Å². The number of rotatable bonds is 6. The zero-order valence-electron chi connectivity index (χ0n) is 10.0. The first-order valence-electron chi connectivity index (χ1n) is 5.96. The minimum Gasteiger partial charge on any atom is -0.349 e. The van der Waals surface area contributed by atoms with Crippen LogP contribution in [0.5, 0.6) is 0 Å². The molecule has 0 atom stereocenters. The molecule has 0 aliphatic heterocycles. The molecule has 1 heterocycles. The van der Waals surface area contributed by atoms with Gasteiger partial charge in [-0.15, -0.1) is 0 Å². The van der Waals surface area contributed by atoms with Gasteiger partial charge in [-0.3, -0.25) is 0 Å². The van der Waals surface area contributed by atoms with E-state index in [4.69, 9.17) is 5.14 Å². The number of primary sulfonamides is 1. The predicted octanol–water partition coefficient (Wildman–Crippen LogP) is 0.797. The van der Waals surface area contributed by atoms with Crippen molar-refractivity contribution >= 4 is 10.0 Å². The van der Waals surface area contributed by atoms with Gasteiger partial charge in [0.05, 0.1) is 4.90 Å². The average molecular weight is 257 g/mol. The fourth-order valence-electron chi connectivity index (χ4n) is 1.81. The number of aromatic nitrogens is 1. The normalized spacial score (nSPS) is 16.4. The molecule has 1 aromatic heterocycles. The highest BCUT2D eigenvalue weighted by molar-refractivity contribution is 7.89. The number of sulfonamides is 1. The molecule has 2 rings (SSSR count). The Balaban J connectivity index is 2.17. The van der Waals surface area contributed by atoms with Gasteiger partial charge in [0.25, 0.3) is 0 Å². The monoisotopic (exact) mass is 257 g/mol. The second kappa shape index (κ2) is 4.80. The predicted molar refractivity (Wildman–Crippen MR) is 66.0 cm³/mol. The van der Waals surface area contributed by atoms with E-state index in [1.165, 1.54) is 12.8 Å². The molecule has 5 nitrogen and oxygen atoms in total. The van der Waals surface area contributed by atoms with E-state index in [0.29, 0.717) is 12.6 Å². The van der Waals surface area contributed by atoms with Crippen molar-refractivity contribution < 1.29 is 8.42 Å². The minimum absolute atomic E-state index is 0.207. The zero-order chi connectivity index (χ0) is 12.5. The third-order valence-electron chi connectivity index (χ3n) is 2.90. The molecular formula is C11H19N3O2S. The van der Waals surface area contributed by atoms with E-state index in [1.54, 1.807) is 12.3 Å². The van der Waals surface area contributed by atoms with E-state index in [0.717, 1.165) is 18.7 Å². The third-order valence-corrected chi connectivity index (χ3v) is 3.78. The number of hydrogen-bond donors (Lipinski definition) is 2. The Morgan fingerprint density at radius 2 is 2.24 bits per heavy atom. The summed E-state index contributed by atoms with van der Waals surface area (Å²) in [5, 5.41) is 8.52. The Morgan fingerprint density at radius 1 is 1.53 bits per heavy atom. The van der Waals surface area contributed by atoms with Crippen LogP contribution in [0.3, 0.4) is 0 Å². The number of aryl methyl sites for hydroxylation is 1. The molecule has 0 bridgehead atoms. The van der Waals surface area contributed by atoms with Crippen LogP contribution in [0, 0.1) is 0 Å². The maximum atomic E-state index is 11.3. The average Bonchev–Trinajstić information content (AvgIpc) is 2.97. The van der Waals surface area contributed by atoms with Crippen molar-refractivity contribution in [3.63, 3.8) is 0 Å². The van der Waals surface area contributed by atoms with Crippen LogP contribution in [0.25, 0.3) is 0 Å². The molecule has 0 saturated heterocycles. The van der Waals surface area contributed by atoms with Crippen molar-refractivity contribution in [3.05, 3.63) is 18.0 Å². The van der Waals surface area contributed by atoms with Crippen LogP contribution in [-0.4, -0.2) is 19.0 Å². The molecule has 17 heavy (non-hydrogen) atoms. The van der Waals surface area contributed by atoms with Gasteiger partial charge < -0.3 is 9.88 Å². The molecule has 6 heteroatoms. The van der Waals surface area contributed by atoms with Gasteiger partial charge in [-0.2, -0.15) is 0 Å². The van der Waals surface area contributed by atoms with Crippen LogP contribution < -0.4 is 10.5 Å². The second-order valence-corrected chi connectivity index (χ2v) is 6.12. The summed E-state index contributed by atoms with van der Waals surface area (Å²) in [5.74, 6) is 0. The van der Waals surface area contributed by atoms with Crippen LogP contribution >= 0.6 is 0 Å². The van der Waals surface area contributed by atoms with Gasteiger partial charge in [-0.25, -0.2) is 13.6 Å². The van der Waals surface area contributed by atoms with Crippen molar-refractivity contribution in [2.75, 3.05) is 0 Å². The summed E-state index contributed by atoms with van der Waals surface area (Å²) < 4.78 is 24.6. The van der Waals surface area contributed by atoms with Crippen molar-refractivity contribution in [2.45, 2.75) is 50.2 Å². The van der Waals surface area contributed by atoms with Crippen LogP contribution in [0.4, 0.5) is 0 Å². The maximum absolute atomic E-state index is 11.3. The summed E-state index contributed by atoms with van der Waals surface area (Å²) in [6.07, 6.45) is 5.03. The molecule has 1 aromatic rings. The summed E-state index contributed by atoms with van der Waals surface area (Å²) in [7, 11) is -3.59. The Morgan fingerprint density at radius 3 is 2.76 bits per heavy atom. The Hall–Kier alpha value is -0.850. The van der Waals surface area contributed by atoms with Gasteiger partial charge in [-0.1, -0.05) is 6.92 Å². The highest BCUT2D eigenvalue weighted by Gasteiger charge is 2.21. The van der Waals surface area contributed by atoms with Gasteiger partial charge in [0, 0.05) is 31.0 Å². The summed E-state index contributed by atoms with van der Waals surface area (Å²) in [6, 6.07) is 2.28. The summed E-state index contributed by atoms with van der Waals surface area (Å²) in [5.41, 5.74) is 0.989.